The second-order valence-corrected chi connectivity index (χ2v) is 8.95. The molecule has 0 fully saturated rings. The van der Waals surface area contributed by atoms with Crippen LogP contribution in [0.5, 0.6) is 0 Å². The van der Waals surface area contributed by atoms with Gasteiger partial charge in [0, 0.05) is 5.02 Å². The predicted molar refractivity (Wildman–Crippen MR) is 94.8 cm³/mol. The highest BCUT2D eigenvalue weighted by molar-refractivity contribution is 7.86. The van der Waals surface area contributed by atoms with Gasteiger partial charge in [-0.15, -0.1) is 0 Å². The third kappa shape index (κ3) is 5.91. The van der Waals surface area contributed by atoms with Crippen LogP contribution in [-0.4, -0.2) is 25.9 Å². The highest BCUT2D eigenvalue weighted by Crippen LogP contribution is 2.41. The van der Waals surface area contributed by atoms with Crippen molar-refractivity contribution in [3.8, 4) is 0 Å². The van der Waals surface area contributed by atoms with Crippen molar-refractivity contribution in [3.05, 3.63) is 46.5 Å². The van der Waals surface area contributed by atoms with Gasteiger partial charge in [-0.1, -0.05) is 11.6 Å². The Bertz CT molecular complexity index is 1230. The molecule has 172 valence electrons. The molecule has 0 spiro atoms. The van der Waals surface area contributed by atoms with Gasteiger partial charge in [-0.2, -0.15) is 43.2 Å². The molecule has 0 saturated heterocycles. The van der Waals surface area contributed by atoms with Gasteiger partial charge >= 0.3 is 12.4 Å². The van der Waals surface area contributed by atoms with E-state index >= 15 is 0 Å². The molecule has 31 heavy (non-hydrogen) atoms. The minimum Gasteiger partial charge on any atom is -0.299 e. The summed E-state index contributed by atoms with van der Waals surface area (Å²) < 4.78 is 143. The van der Waals surface area contributed by atoms with Crippen LogP contribution in [0.1, 0.15) is 11.1 Å². The third-order valence-electron chi connectivity index (χ3n) is 3.56. The molecule has 0 aliphatic rings. The summed E-state index contributed by atoms with van der Waals surface area (Å²) in [6.07, 6.45) is -10.3. The average molecular weight is 515 g/mol. The van der Waals surface area contributed by atoms with E-state index in [4.69, 9.17) is 16.2 Å². The van der Waals surface area contributed by atoms with Gasteiger partial charge < -0.3 is 0 Å². The monoisotopic (exact) mass is 514 g/mol. The second kappa shape index (κ2) is 8.01. The molecule has 0 amide bonds. The van der Waals surface area contributed by atoms with E-state index in [1.54, 1.807) is 10.9 Å². The van der Waals surface area contributed by atoms with Crippen molar-refractivity contribution in [1.29, 1.82) is 0 Å². The molecule has 2 aromatic carbocycles. The summed E-state index contributed by atoms with van der Waals surface area (Å²) in [5.74, 6) is 0. The number of anilines is 2. The van der Waals surface area contributed by atoms with E-state index in [1.165, 1.54) is 0 Å². The number of benzene rings is 2. The van der Waals surface area contributed by atoms with E-state index in [0.29, 0.717) is 12.1 Å². The average Bonchev–Trinajstić information content (AvgIpc) is 2.56. The van der Waals surface area contributed by atoms with E-state index in [-0.39, 0.29) is 18.2 Å². The fourth-order valence-corrected chi connectivity index (χ4v) is 3.90. The minimum atomic E-state index is -5.35. The standard InChI is InChI=1S/C14H9ClF6N2O6S2/c15-7-4-8(14(19,20)21)12(11(5-7)31(27,28)29)23-22-9-3-6(13(16,17)18)1-2-10(9)30(24,25)26/h1-5,22-23H,(H,24,25,26)(H,27,28,29). The Balaban J connectivity index is 2.69. The summed E-state index contributed by atoms with van der Waals surface area (Å²) in [6.45, 7) is 0. The molecule has 0 saturated carbocycles. The molecular weight excluding hydrogens is 506 g/mol. The van der Waals surface area contributed by atoms with E-state index in [0.717, 1.165) is 0 Å². The molecule has 4 N–H and O–H groups in total. The quantitative estimate of drug-likeness (QED) is 0.263. The molecule has 0 bridgehead atoms. The van der Waals surface area contributed by atoms with Crippen LogP contribution >= 0.6 is 11.6 Å². The first-order valence-corrected chi connectivity index (χ1v) is 10.7. The van der Waals surface area contributed by atoms with Crippen molar-refractivity contribution in [3.63, 3.8) is 0 Å². The molecule has 17 heteroatoms. The fourth-order valence-electron chi connectivity index (χ4n) is 2.30. The highest BCUT2D eigenvalue weighted by Gasteiger charge is 2.37. The van der Waals surface area contributed by atoms with Crippen molar-refractivity contribution >= 4 is 43.2 Å². The highest BCUT2D eigenvalue weighted by atomic mass is 35.5. The van der Waals surface area contributed by atoms with Crippen molar-refractivity contribution in [2.24, 2.45) is 0 Å². The zero-order valence-corrected chi connectivity index (χ0v) is 16.8. The second-order valence-electron chi connectivity index (χ2n) is 5.73. The Kier molecular flexibility index (Phi) is 6.46. The Morgan fingerprint density at radius 1 is 0.774 bits per heavy atom. The van der Waals surface area contributed by atoms with Crippen LogP contribution in [0.3, 0.4) is 0 Å². The van der Waals surface area contributed by atoms with Crippen LogP contribution in [0.2, 0.25) is 5.02 Å². The number of hydrazine groups is 1. The largest absolute Gasteiger partial charge is 0.418 e. The zero-order chi connectivity index (χ0) is 24.0. The molecule has 0 aliphatic carbocycles. The Morgan fingerprint density at radius 3 is 1.77 bits per heavy atom. The summed E-state index contributed by atoms with van der Waals surface area (Å²) >= 11 is 5.45. The Morgan fingerprint density at radius 2 is 1.32 bits per heavy atom. The molecule has 0 aliphatic heterocycles. The molecular formula is C14H9ClF6N2O6S2. The van der Waals surface area contributed by atoms with Crippen molar-refractivity contribution in [2.75, 3.05) is 10.9 Å². The summed E-state index contributed by atoms with van der Waals surface area (Å²) in [7, 11) is -10.5. The van der Waals surface area contributed by atoms with Crippen molar-refractivity contribution in [2.45, 2.75) is 22.1 Å². The summed E-state index contributed by atoms with van der Waals surface area (Å²) in [4.78, 5) is -2.59. The first-order chi connectivity index (χ1) is 13.8. The van der Waals surface area contributed by atoms with E-state index in [1.807, 2.05) is 0 Å². The van der Waals surface area contributed by atoms with Gasteiger partial charge in [-0.25, -0.2) is 0 Å². The maximum Gasteiger partial charge on any atom is 0.418 e. The summed E-state index contributed by atoms with van der Waals surface area (Å²) in [5.41, 5.74) is -2.40. The normalized spacial score (nSPS) is 13.2. The summed E-state index contributed by atoms with van der Waals surface area (Å²) in [6, 6.07) is 1.38. The first-order valence-electron chi connectivity index (χ1n) is 7.41. The van der Waals surface area contributed by atoms with Gasteiger partial charge in [-0.05, 0) is 30.3 Å². The molecule has 8 nitrogen and oxygen atoms in total. The van der Waals surface area contributed by atoms with E-state index in [2.05, 4.69) is 0 Å². The van der Waals surface area contributed by atoms with Gasteiger partial charge in [0.05, 0.1) is 22.5 Å². The minimum absolute atomic E-state index is 0.131. The smallest absolute Gasteiger partial charge is 0.299 e. The lowest BCUT2D eigenvalue weighted by Gasteiger charge is -2.20. The molecule has 0 unspecified atom stereocenters. The number of halogens is 7. The van der Waals surface area contributed by atoms with Crippen LogP contribution in [0.25, 0.3) is 0 Å². The number of rotatable bonds is 5. The van der Waals surface area contributed by atoms with Gasteiger partial charge in [0.1, 0.15) is 9.79 Å². The molecule has 0 aromatic heterocycles. The molecule has 0 heterocycles. The third-order valence-corrected chi connectivity index (χ3v) is 5.57. The maximum atomic E-state index is 13.3. The number of nitrogens with one attached hydrogen (secondary N) is 2. The number of hydrogen-bond donors (Lipinski definition) is 4. The van der Waals surface area contributed by atoms with Crippen LogP contribution in [0, 0.1) is 0 Å². The van der Waals surface area contributed by atoms with Gasteiger partial charge in [-0.3, -0.25) is 20.0 Å². The molecule has 2 aromatic rings. The Labute approximate surface area is 175 Å². The van der Waals surface area contributed by atoms with Gasteiger partial charge in [0.2, 0.25) is 0 Å². The maximum absolute atomic E-state index is 13.3. The molecule has 0 radical (unpaired) electrons. The molecule has 0 atom stereocenters. The van der Waals surface area contributed by atoms with E-state index in [9.17, 15) is 47.7 Å². The first kappa shape index (κ1) is 25.0. The topological polar surface area (TPSA) is 133 Å². The van der Waals surface area contributed by atoms with E-state index < -0.39 is 69.9 Å². The number of hydrogen-bond acceptors (Lipinski definition) is 6. The Hall–Kier alpha value is -2.27. The van der Waals surface area contributed by atoms with Gasteiger partial charge in [0.15, 0.2) is 0 Å². The SMILES string of the molecule is O=S(=O)(O)c1ccc(C(F)(F)F)cc1NNc1c(C(F)(F)F)cc(Cl)cc1S(=O)(=O)O. The fraction of sp³-hybridized carbons (Fsp3) is 0.143. The summed E-state index contributed by atoms with van der Waals surface area (Å²) in [5, 5.41) is -0.761. The lowest BCUT2D eigenvalue weighted by Crippen LogP contribution is -2.20. The molecule has 2 rings (SSSR count). The zero-order valence-electron chi connectivity index (χ0n) is 14.4. The van der Waals surface area contributed by atoms with Crippen LogP contribution in [-0.2, 0) is 32.6 Å². The lowest BCUT2D eigenvalue weighted by atomic mass is 10.1. The van der Waals surface area contributed by atoms with Crippen LogP contribution < -0.4 is 10.9 Å². The lowest BCUT2D eigenvalue weighted by molar-refractivity contribution is -0.138. The van der Waals surface area contributed by atoms with Crippen molar-refractivity contribution < 1.29 is 52.3 Å². The van der Waals surface area contributed by atoms with Crippen LogP contribution in [0.15, 0.2) is 40.1 Å². The van der Waals surface area contributed by atoms with Crippen molar-refractivity contribution in [1.82, 2.24) is 0 Å². The number of alkyl halides is 6. The van der Waals surface area contributed by atoms with Crippen LogP contribution in [0.4, 0.5) is 37.7 Å². The predicted octanol–water partition coefficient (Wildman–Crippen LogP) is 4.31. The van der Waals surface area contributed by atoms with Gasteiger partial charge in [0.25, 0.3) is 20.2 Å².